The van der Waals surface area contributed by atoms with Crippen LogP contribution in [0.2, 0.25) is 5.02 Å². The minimum Gasteiger partial charge on any atom is -0.339 e. The van der Waals surface area contributed by atoms with Crippen molar-refractivity contribution in [1.29, 1.82) is 0 Å². The molecule has 1 aliphatic carbocycles. The van der Waals surface area contributed by atoms with Gasteiger partial charge in [-0.15, -0.1) is 0 Å². The lowest BCUT2D eigenvalue weighted by molar-refractivity contribution is -0.139. The average Bonchev–Trinajstić information content (AvgIpc) is 3.30. The third-order valence-electron chi connectivity index (χ3n) is 6.03. The number of nitrogens with zero attached hydrogens (tertiary/aromatic N) is 2. The molecule has 3 fully saturated rings. The van der Waals surface area contributed by atoms with Crippen LogP contribution in [0.5, 0.6) is 0 Å². The molecule has 0 bridgehead atoms. The van der Waals surface area contributed by atoms with Crippen molar-refractivity contribution in [2.45, 2.75) is 44.2 Å². The van der Waals surface area contributed by atoms with Crippen molar-refractivity contribution in [3.8, 4) is 0 Å². The summed E-state index contributed by atoms with van der Waals surface area (Å²) in [5, 5.41) is 4.06. The molecule has 1 saturated carbocycles. The number of nitrogens with one attached hydrogen (secondary N) is 1. The van der Waals surface area contributed by atoms with Crippen molar-refractivity contribution in [3.63, 3.8) is 0 Å². The van der Waals surface area contributed by atoms with Crippen LogP contribution in [-0.4, -0.2) is 53.8 Å². The van der Waals surface area contributed by atoms with Gasteiger partial charge in [-0.25, -0.2) is 0 Å². The molecule has 1 aromatic carbocycles. The number of carbonyl (C=O) groups is 2. The van der Waals surface area contributed by atoms with Crippen LogP contribution < -0.4 is 5.32 Å². The molecule has 0 aromatic heterocycles. The Morgan fingerprint density at radius 1 is 1.23 bits per heavy atom. The summed E-state index contributed by atoms with van der Waals surface area (Å²) in [6, 6.07) is 8.06. The lowest BCUT2D eigenvalue weighted by Crippen LogP contribution is -2.51. The SMILES string of the molecule is O=C1CC(C(=O)N2CCNCC2c2cccc(Cl)c2)CN1C1CCCC1. The van der Waals surface area contributed by atoms with Crippen LogP contribution in [0.4, 0.5) is 0 Å². The van der Waals surface area contributed by atoms with Gasteiger partial charge in [0.1, 0.15) is 0 Å². The maximum absolute atomic E-state index is 13.3. The fraction of sp³-hybridized carbons (Fsp3) is 0.600. The highest BCUT2D eigenvalue weighted by molar-refractivity contribution is 6.30. The van der Waals surface area contributed by atoms with Crippen LogP contribution in [0, 0.1) is 5.92 Å². The van der Waals surface area contributed by atoms with E-state index in [-0.39, 0.29) is 23.8 Å². The number of piperazine rings is 1. The number of hydrogen-bond acceptors (Lipinski definition) is 3. The standard InChI is InChI=1S/C20H26ClN3O2/c21-16-5-3-4-14(10-16)18-12-22-8-9-23(18)20(26)15-11-19(25)24(13-15)17-6-1-2-7-17/h3-5,10,15,17-18,22H,1-2,6-9,11-13H2. The van der Waals surface area contributed by atoms with Crippen molar-refractivity contribution in [1.82, 2.24) is 15.1 Å². The Morgan fingerprint density at radius 3 is 2.81 bits per heavy atom. The van der Waals surface area contributed by atoms with Gasteiger partial charge in [0.2, 0.25) is 11.8 Å². The molecule has 2 atom stereocenters. The third kappa shape index (κ3) is 3.47. The summed E-state index contributed by atoms with van der Waals surface area (Å²) in [4.78, 5) is 29.7. The minimum absolute atomic E-state index is 0.0226. The van der Waals surface area contributed by atoms with Crippen molar-refractivity contribution < 1.29 is 9.59 Å². The highest BCUT2D eigenvalue weighted by Gasteiger charge is 2.41. The number of hydrogen-bond donors (Lipinski definition) is 1. The molecule has 26 heavy (non-hydrogen) atoms. The molecule has 6 heteroatoms. The van der Waals surface area contributed by atoms with Crippen molar-refractivity contribution in [2.24, 2.45) is 5.92 Å². The van der Waals surface area contributed by atoms with Crippen molar-refractivity contribution >= 4 is 23.4 Å². The second-order valence-electron chi connectivity index (χ2n) is 7.69. The lowest BCUT2D eigenvalue weighted by Gasteiger charge is -2.38. The highest BCUT2D eigenvalue weighted by Crippen LogP contribution is 2.32. The van der Waals surface area contributed by atoms with Gasteiger partial charge >= 0.3 is 0 Å². The van der Waals surface area contributed by atoms with Crippen LogP contribution >= 0.6 is 11.6 Å². The number of halogens is 1. The molecule has 1 N–H and O–H groups in total. The molecule has 3 aliphatic rings. The Kier molecular flexibility index (Phi) is 5.18. The summed E-state index contributed by atoms with van der Waals surface area (Å²) in [6.45, 7) is 2.77. The van der Waals surface area contributed by atoms with E-state index < -0.39 is 0 Å². The van der Waals surface area contributed by atoms with Gasteiger partial charge in [0, 0.05) is 43.7 Å². The molecule has 4 rings (SSSR count). The molecule has 0 radical (unpaired) electrons. The van der Waals surface area contributed by atoms with Gasteiger partial charge < -0.3 is 15.1 Å². The molecule has 0 spiro atoms. The van der Waals surface area contributed by atoms with Crippen LogP contribution in [0.25, 0.3) is 0 Å². The monoisotopic (exact) mass is 375 g/mol. The predicted octanol–water partition coefficient (Wildman–Crippen LogP) is 2.60. The molecule has 2 amide bonds. The summed E-state index contributed by atoms with van der Waals surface area (Å²) in [7, 11) is 0. The normalized spacial score (nSPS) is 27.3. The second-order valence-corrected chi connectivity index (χ2v) is 8.13. The van der Waals surface area contributed by atoms with Gasteiger partial charge in [-0.3, -0.25) is 9.59 Å². The van der Waals surface area contributed by atoms with Gasteiger partial charge in [-0.1, -0.05) is 36.6 Å². The molecule has 2 heterocycles. The van der Waals surface area contributed by atoms with Gasteiger partial charge in [0.15, 0.2) is 0 Å². The molecule has 2 aliphatic heterocycles. The Hall–Kier alpha value is -1.59. The largest absolute Gasteiger partial charge is 0.339 e. The fourth-order valence-corrected chi connectivity index (χ4v) is 4.88. The number of rotatable bonds is 3. The van der Waals surface area contributed by atoms with Crippen LogP contribution in [0.3, 0.4) is 0 Å². The first-order chi connectivity index (χ1) is 12.6. The van der Waals surface area contributed by atoms with Crippen LogP contribution in [-0.2, 0) is 9.59 Å². The van der Waals surface area contributed by atoms with E-state index in [1.54, 1.807) is 0 Å². The summed E-state index contributed by atoms with van der Waals surface area (Å²) >= 11 is 6.15. The third-order valence-corrected chi connectivity index (χ3v) is 6.27. The Labute approximate surface area is 159 Å². The molecule has 2 unspecified atom stereocenters. The molecule has 2 saturated heterocycles. The van der Waals surface area contributed by atoms with E-state index in [4.69, 9.17) is 11.6 Å². The molecule has 1 aromatic rings. The van der Waals surface area contributed by atoms with E-state index in [1.807, 2.05) is 34.1 Å². The van der Waals surface area contributed by atoms with Gasteiger partial charge in [0.05, 0.1) is 12.0 Å². The number of benzene rings is 1. The molecular formula is C20H26ClN3O2. The van der Waals surface area contributed by atoms with Crippen LogP contribution in [0.1, 0.15) is 43.7 Å². The first-order valence-electron chi connectivity index (χ1n) is 9.69. The Morgan fingerprint density at radius 2 is 2.04 bits per heavy atom. The number of amides is 2. The van der Waals surface area contributed by atoms with Gasteiger partial charge in [0.25, 0.3) is 0 Å². The van der Waals surface area contributed by atoms with E-state index in [2.05, 4.69) is 5.32 Å². The average molecular weight is 376 g/mol. The fourth-order valence-electron chi connectivity index (χ4n) is 4.68. The Bertz CT molecular complexity index is 689. The first kappa shape index (κ1) is 17.8. The van der Waals surface area contributed by atoms with E-state index in [0.717, 1.165) is 31.5 Å². The molecule has 140 valence electrons. The zero-order valence-electron chi connectivity index (χ0n) is 15.0. The van der Waals surface area contributed by atoms with Gasteiger partial charge in [-0.2, -0.15) is 0 Å². The topological polar surface area (TPSA) is 52.7 Å². The predicted molar refractivity (Wildman–Crippen MR) is 101 cm³/mol. The lowest BCUT2D eigenvalue weighted by atomic mass is 9.99. The highest BCUT2D eigenvalue weighted by atomic mass is 35.5. The van der Waals surface area contributed by atoms with Crippen LogP contribution in [0.15, 0.2) is 24.3 Å². The summed E-state index contributed by atoms with van der Waals surface area (Å²) in [5.41, 5.74) is 1.05. The second kappa shape index (κ2) is 7.57. The smallest absolute Gasteiger partial charge is 0.228 e. The van der Waals surface area contributed by atoms with E-state index in [0.29, 0.717) is 30.6 Å². The minimum atomic E-state index is -0.206. The van der Waals surface area contributed by atoms with Gasteiger partial charge in [-0.05, 0) is 30.5 Å². The molecule has 5 nitrogen and oxygen atoms in total. The maximum Gasteiger partial charge on any atom is 0.228 e. The van der Waals surface area contributed by atoms with E-state index in [9.17, 15) is 9.59 Å². The first-order valence-corrected chi connectivity index (χ1v) is 10.1. The quantitative estimate of drug-likeness (QED) is 0.883. The van der Waals surface area contributed by atoms with Crippen molar-refractivity contribution in [3.05, 3.63) is 34.9 Å². The van der Waals surface area contributed by atoms with E-state index >= 15 is 0 Å². The number of carbonyl (C=O) groups excluding carboxylic acids is 2. The maximum atomic E-state index is 13.3. The Balaban J connectivity index is 1.49. The zero-order valence-corrected chi connectivity index (χ0v) is 15.8. The number of likely N-dealkylation sites (tertiary alicyclic amines) is 1. The summed E-state index contributed by atoms with van der Waals surface area (Å²) in [5.74, 6) is 0.0675. The summed E-state index contributed by atoms with van der Waals surface area (Å²) < 4.78 is 0. The summed E-state index contributed by atoms with van der Waals surface area (Å²) in [6.07, 6.45) is 4.93. The zero-order chi connectivity index (χ0) is 18.1. The van der Waals surface area contributed by atoms with E-state index in [1.165, 1.54) is 12.8 Å². The van der Waals surface area contributed by atoms with Crippen molar-refractivity contribution in [2.75, 3.05) is 26.2 Å². The molecular weight excluding hydrogens is 350 g/mol.